The van der Waals surface area contributed by atoms with Crippen molar-refractivity contribution in [3.8, 4) is 0 Å². The molecular weight excluding hydrogens is 328 g/mol. The van der Waals surface area contributed by atoms with Crippen molar-refractivity contribution in [1.29, 1.82) is 0 Å². The van der Waals surface area contributed by atoms with Gasteiger partial charge in [0.25, 0.3) is 11.5 Å². The van der Waals surface area contributed by atoms with Crippen LogP contribution < -0.4 is 10.9 Å². The number of rotatable bonds is 4. The third-order valence-electron chi connectivity index (χ3n) is 3.63. The Morgan fingerprint density at radius 2 is 2.00 bits per heavy atom. The van der Waals surface area contributed by atoms with E-state index in [0.717, 1.165) is 5.56 Å². The molecule has 0 aliphatic heterocycles. The van der Waals surface area contributed by atoms with Gasteiger partial charge in [0.1, 0.15) is 5.76 Å². The second kappa shape index (κ2) is 6.76. The van der Waals surface area contributed by atoms with Gasteiger partial charge in [-0.1, -0.05) is 23.7 Å². The summed E-state index contributed by atoms with van der Waals surface area (Å²) < 4.78 is 7.04. The lowest BCUT2D eigenvalue weighted by Crippen LogP contribution is -2.18. The predicted octanol–water partition coefficient (Wildman–Crippen LogP) is 3.70. The van der Waals surface area contributed by atoms with Crippen LogP contribution in [0.15, 0.2) is 63.9 Å². The lowest BCUT2D eigenvalue weighted by Gasteiger charge is -2.08. The lowest BCUT2D eigenvalue weighted by atomic mass is 10.2. The first-order valence-electron chi connectivity index (χ1n) is 7.35. The van der Waals surface area contributed by atoms with E-state index >= 15 is 0 Å². The van der Waals surface area contributed by atoms with Crippen LogP contribution in [0.3, 0.4) is 0 Å². The molecule has 0 fully saturated rings. The van der Waals surface area contributed by atoms with E-state index in [2.05, 4.69) is 5.32 Å². The van der Waals surface area contributed by atoms with Crippen molar-refractivity contribution in [2.45, 2.75) is 13.5 Å². The van der Waals surface area contributed by atoms with Crippen LogP contribution in [0.4, 0.5) is 5.69 Å². The van der Waals surface area contributed by atoms with E-state index in [1.165, 1.54) is 10.6 Å². The Labute approximate surface area is 143 Å². The minimum Gasteiger partial charge on any atom is -0.454 e. The molecule has 0 spiro atoms. The number of amides is 1. The zero-order valence-corrected chi connectivity index (χ0v) is 13.7. The van der Waals surface area contributed by atoms with E-state index in [1.807, 2.05) is 6.92 Å². The molecule has 2 aromatic heterocycles. The zero-order valence-electron chi connectivity index (χ0n) is 13.0. The highest BCUT2D eigenvalue weighted by Gasteiger charge is 2.13. The van der Waals surface area contributed by atoms with Crippen molar-refractivity contribution in [2.75, 3.05) is 5.32 Å². The van der Waals surface area contributed by atoms with Gasteiger partial charge in [-0.25, -0.2) is 0 Å². The minimum atomic E-state index is -0.368. The molecular formula is C18H15ClN2O3. The summed E-state index contributed by atoms with van der Waals surface area (Å²) in [4.78, 5) is 24.0. The fourth-order valence-corrected chi connectivity index (χ4v) is 2.45. The lowest BCUT2D eigenvalue weighted by molar-refractivity contribution is 0.0994. The van der Waals surface area contributed by atoms with Gasteiger partial charge in [0.15, 0.2) is 5.76 Å². The maximum absolute atomic E-state index is 12.3. The van der Waals surface area contributed by atoms with Gasteiger partial charge >= 0.3 is 0 Å². The maximum atomic E-state index is 12.3. The van der Waals surface area contributed by atoms with Crippen molar-refractivity contribution >= 4 is 23.2 Å². The van der Waals surface area contributed by atoms with Crippen molar-refractivity contribution in [2.24, 2.45) is 0 Å². The molecule has 0 saturated heterocycles. The molecule has 6 heteroatoms. The number of aromatic nitrogens is 1. The van der Waals surface area contributed by atoms with Crippen LogP contribution in [0, 0.1) is 6.92 Å². The van der Waals surface area contributed by atoms with Gasteiger partial charge in [0.2, 0.25) is 0 Å². The number of benzene rings is 1. The molecule has 0 radical (unpaired) electrons. The quantitative estimate of drug-likeness (QED) is 0.786. The number of hydrogen-bond donors (Lipinski definition) is 1. The summed E-state index contributed by atoms with van der Waals surface area (Å²) in [5.74, 6) is 0.330. The maximum Gasteiger partial charge on any atom is 0.291 e. The third kappa shape index (κ3) is 3.41. The molecule has 0 unspecified atom stereocenters. The number of carbonyl (C=O) groups is 1. The number of nitrogens with one attached hydrogen (secondary N) is 1. The van der Waals surface area contributed by atoms with Crippen LogP contribution >= 0.6 is 11.6 Å². The average Bonchev–Trinajstić information content (AvgIpc) is 3.03. The number of furan rings is 1. The standard InChI is InChI=1S/C18H15ClN2O3/c1-12-14(19)5-4-6-15(12)20-18(23)16-9-8-13(24-16)11-21-10-3-2-7-17(21)22/h2-10H,11H2,1H3,(H,20,23). The largest absolute Gasteiger partial charge is 0.454 e. The molecule has 2 heterocycles. The van der Waals surface area contributed by atoms with E-state index in [0.29, 0.717) is 16.5 Å². The van der Waals surface area contributed by atoms with Crippen molar-refractivity contribution < 1.29 is 9.21 Å². The highest BCUT2D eigenvalue weighted by atomic mass is 35.5. The van der Waals surface area contributed by atoms with E-state index in [9.17, 15) is 9.59 Å². The first kappa shape index (κ1) is 16.1. The SMILES string of the molecule is Cc1c(Cl)cccc1NC(=O)c1ccc(Cn2ccccc2=O)o1. The highest BCUT2D eigenvalue weighted by Crippen LogP contribution is 2.23. The number of anilines is 1. The van der Waals surface area contributed by atoms with Gasteiger partial charge in [-0.15, -0.1) is 0 Å². The molecule has 0 atom stereocenters. The normalized spacial score (nSPS) is 10.6. The molecule has 0 saturated carbocycles. The molecule has 1 amide bonds. The summed E-state index contributed by atoms with van der Waals surface area (Å²) in [5, 5.41) is 3.35. The summed E-state index contributed by atoms with van der Waals surface area (Å²) in [6.45, 7) is 2.09. The van der Waals surface area contributed by atoms with Crippen molar-refractivity contribution in [3.63, 3.8) is 0 Å². The van der Waals surface area contributed by atoms with E-state index in [-0.39, 0.29) is 23.8 Å². The zero-order chi connectivity index (χ0) is 17.1. The smallest absolute Gasteiger partial charge is 0.291 e. The number of halogens is 1. The monoisotopic (exact) mass is 342 g/mol. The fourth-order valence-electron chi connectivity index (χ4n) is 2.27. The predicted molar refractivity (Wildman–Crippen MR) is 92.7 cm³/mol. The molecule has 0 bridgehead atoms. The summed E-state index contributed by atoms with van der Waals surface area (Å²) in [5.41, 5.74) is 1.29. The first-order chi connectivity index (χ1) is 11.5. The molecule has 5 nitrogen and oxygen atoms in total. The van der Waals surface area contributed by atoms with E-state index < -0.39 is 0 Å². The molecule has 1 N–H and O–H groups in total. The Morgan fingerprint density at radius 3 is 2.79 bits per heavy atom. The Balaban J connectivity index is 1.75. The van der Waals surface area contributed by atoms with E-state index in [1.54, 1.807) is 48.7 Å². The number of pyridine rings is 1. The van der Waals surface area contributed by atoms with Crippen LogP contribution in [0.5, 0.6) is 0 Å². The average molecular weight is 343 g/mol. The Bertz CT molecular complexity index is 943. The third-order valence-corrected chi connectivity index (χ3v) is 4.04. The molecule has 24 heavy (non-hydrogen) atoms. The summed E-state index contributed by atoms with van der Waals surface area (Å²) in [6, 6.07) is 13.5. The Kier molecular flexibility index (Phi) is 4.53. The summed E-state index contributed by atoms with van der Waals surface area (Å²) >= 11 is 6.05. The van der Waals surface area contributed by atoms with E-state index in [4.69, 9.17) is 16.0 Å². The van der Waals surface area contributed by atoms with Crippen molar-refractivity contribution in [1.82, 2.24) is 4.57 Å². The van der Waals surface area contributed by atoms with Gasteiger partial charge in [-0.05, 0) is 42.8 Å². The summed E-state index contributed by atoms with van der Waals surface area (Å²) in [6.07, 6.45) is 1.67. The van der Waals surface area contributed by atoms with Gasteiger partial charge in [0.05, 0.1) is 6.54 Å². The van der Waals surface area contributed by atoms with Gasteiger partial charge in [-0.2, -0.15) is 0 Å². The Morgan fingerprint density at radius 1 is 1.17 bits per heavy atom. The molecule has 122 valence electrons. The van der Waals surface area contributed by atoms with Crippen LogP contribution in [0.2, 0.25) is 5.02 Å². The van der Waals surface area contributed by atoms with Gasteiger partial charge in [-0.3, -0.25) is 9.59 Å². The number of hydrogen-bond acceptors (Lipinski definition) is 3. The molecule has 3 aromatic rings. The second-order valence-electron chi connectivity index (χ2n) is 5.30. The van der Waals surface area contributed by atoms with Crippen LogP contribution in [0.1, 0.15) is 21.9 Å². The first-order valence-corrected chi connectivity index (χ1v) is 7.73. The summed E-state index contributed by atoms with van der Waals surface area (Å²) in [7, 11) is 0. The van der Waals surface area contributed by atoms with Gasteiger partial charge < -0.3 is 14.3 Å². The van der Waals surface area contributed by atoms with Crippen LogP contribution in [-0.4, -0.2) is 10.5 Å². The second-order valence-corrected chi connectivity index (χ2v) is 5.71. The van der Waals surface area contributed by atoms with Crippen LogP contribution in [0.25, 0.3) is 0 Å². The molecule has 1 aromatic carbocycles. The molecule has 0 aliphatic rings. The number of carbonyl (C=O) groups excluding carboxylic acids is 1. The van der Waals surface area contributed by atoms with Gasteiger partial charge in [0, 0.05) is 23.0 Å². The Hall–Kier alpha value is -2.79. The minimum absolute atomic E-state index is 0.130. The fraction of sp³-hybridized carbons (Fsp3) is 0.111. The van der Waals surface area contributed by atoms with Crippen molar-refractivity contribution in [3.05, 3.63) is 87.2 Å². The van der Waals surface area contributed by atoms with Crippen LogP contribution in [-0.2, 0) is 6.54 Å². The molecule has 0 aliphatic carbocycles. The molecule has 3 rings (SSSR count). The topological polar surface area (TPSA) is 64.2 Å². The highest BCUT2D eigenvalue weighted by molar-refractivity contribution is 6.31. The number of nitrogens with zero attached hydrogens (tertiary/aromatic N) is 1.